The normalized spacial score (nSPS) is 11.4. The SMILES string of the molecule is Cc1ccc(S(=O)(=O)Nc2ccccc2C(=O)OCc2cc(=O)n3oc(C)cc3n2)cc1. The Bertz CT molecular complexity index is 1470. The van der Waals surface area contributed by atoms with E-state index >= 15 is 0 Å². The van der Waals surface area contributed by atoms with E-state index in [4.69, 9.17) is 9.26 Å². The molecule has 0 fully saturated rings. The highest BCUT2D eigenvalue weighted by Gasteiger charge is 2.20. The molecule has 9 nitrogen and oxygen atoms in total. The summed E-state index contributed by atoms with van der Waals surface area (Å²) in [6.45, 7) is 3.26. The second-order valence-electron chi connectivity index (χ2n) is 7.12. The van der Waals surface area contributed by atoms with E-state index in [0.29, 0.717) is 11.4 Å². The fourth-order valence-corrected chi connectivity index (χ4v) is 4.12. The molecule has 0 unspecified atom stereocenters. The minimum Gasteiger partial charge on any atom is -0.456 e. The Hall–Kier alpha value is -3.92. The number of para-hydroxylation sites is 1. The van der Waals surface area contributed by atoms with Crippen LogP contribution in [0.25, 0.3) is 5.65 Å². The van der Waals surface area contributed by atoms with Crippen LogP contribution in [0, 0.1) is 13.8 Å². The fraction of sp³-hybridized carbons (Fsp3) is 0.136. The van der Waals surface area contributed by atoms with Crippen molar-refractivity contribution in [1.29, 1.82) is 0 Å². The highest BCUT2D eigenvalue weighted by atomic mass is 32.2. The Kier molecular flexibility index (Phi) is 5.54. The summed E-state index contributed by atoms with van der Waals surface area (Å²) in [6.07, 6.45) is 0. The van der Waals surface area contributed by atoms with Crippen molar-refractivity contribution >= 4 is 27.3 Å². The molecule has 2 aromatic carbocycles. The lowest BCUT2D eigenvalue weighted by molar-refractivity contribution is 0.0469. The Morgan fingerprint density at radius 2 is 1.81 bits per heavy atom. The molecule has 0 bridgehead atoms. The first-order valence-corrected chi connectivity index (χ1v) is 11.1. The second kappa shape index (κ2) is 8.31. The number of ether oxygens (including phenoxy) is 1. The number of rotatable bonds is 6. The Labute approximate surface area is 183 Å². The second-order valence-corrected chi connectivity index (χ2v) is 8.81. The van der Waals surface area contributed by atoms with Crippen LogP contribution >= 0.6 is 0 Å². The van der Waals surface area contributed by atoms with Crippen LogP contribution in [0.15, 0.2) is 74.9 Å². The highest BCUT2D eigenvalue weighted by Crippen LogP contribution is 2.21. The molecule has 10 heteroatoms. The predicted molar refractivity (Wildman–Crippen MR) is 116 cm³/mol. The molecule has 32 heavy (non-hydrogen) atoms. The summed E-state index contributed by atoms with van der Waals surface area (Å²) in [5, 5.41) is 0. The third-order valence-electron chi connectivity index (χ3n) is 4.60. The van der Waals surface area contributed by atoms with Crippen molar-refractivity contribution in [2.75, 3.05) is 4.72 Å². The average molecular weight is 453 g/mol. The van der Waals surface area contributed by atoms with E-state index in [2.05, 4.69) is 9.71 Å². The number of fused-ring (bicyclic) bond motifs is 1. The number of sulfonamides is 1. The minimum absolute atomic E-state index is 0.0279. The molecule has 1 N–H and O–H groups in total. The summed E-state index contributed by atoms with van der Waals surface area (Å²) < 4.78 is 39.4. The molecular formula is C22H19N3O6S. The molecule has 164 valence electrons. The van der Waals surface area contributed by atoms with Gasteiger partial charge in [-0.1, -0.05) is 29.8 Å². The standard InChI is InChI=1S/C22H19N3O6S/c1-14-7-9-17(10-8-14)32(28,29)24-19-6-4-3-5-18(19)22(27)30-13-16-12-21(26)25-20(23-16)11-15(2)31-25/h3-12,24H,13H2,1-2H3. The predicted octanol–water partition coefficient (Wildman–Crippen LogP) is 3.06. The maximum absolute atomic E-state index is 12.7. The molecule has 0 aliphatic heterocycles. The van der Waals surface area contributed by atoms with Crippen LogP contribution in [0.3, 0.4) is 0 Å². The first-order valence-electron chi connectivity index (χ1n) is 9.58. The van der Waals surface area contributed by atoms with Gasteiger partial charge in [0.05, 0.1) is 21.8 Å². The third kappa shape index (κ3) is 4.40. The fourth-order valence-electron chi connectivity index (χ4n) is 3.04. The maximum Gasteiger partial charge on any atom is 0.340 e. The van der Waals surface area contributed by atoms with Gasteiger partial charge in [0.2, 0.25) is 0 Å². The topological polar surface area (TPSA) is 120 Å². The third-order valence-corrected chi connectivity index (χ3v) is 5.98. The van der Waals surface area contributed by atoms with E-state index in [1.807, 2.05) is 6.92 Å². The molecule has 0 aliphatic rings. The van der Waals surface area contributed by atoms with Gasteiger partial charge in [0.15, 0.2) is 5.65 Å². The molecule has 4 aromatic rings. The van der Waals surface area contributed by atoms with Crippen LogP contribution in [-0.4, -0.2) is 23.9 Å². The molecule has 0 atom stereocenters. The van der Waals surface area contributed by atoms with Gasteiger partial charge in [0.25, 0.3) is 15.6 Å². The number of carbonyl (C=O) groups excluding carboxylic acids is 1. The highest BCUT2D eigenvalue weighted by molar-refractivity contribution is 7.92. The Morgan fingerprint density at radius 1 is 1.09 bits per heavy atom. The minimum atomic E-state index is -3.91. The number of carbonyl (C=O) groups is 1. The van der Waals surface area contributed by atoms with Crippen molar-refractivity contribution in [2.24, 2.45) is 0 Å². The smallest absolute Gasteiger partial charge is 0.340 e. The summed E-state index contributed by atoms with van der Waals surface area (Å²) in [5.41, 5.74) is 1.12. The number of hydrogen-bond donors (Lipinski definition) is 1. The van der Waals surface area contributed by atoms with Crippen LogP contribution in [-0.2, 0) is 21.4 Å². The van der Waals surface area contributed by atoms with Crippen LogP contribution in [0.2, 0.25) is 0 Å². The van der Waals surface area contributed by atoms with E-state index in [1.54, 1.807) is 37.3 Å². The largest absolute Gasteiger partial charge is 0.456 e. The van der Waals surface area contributed by atoms with Crippen molar-refractivity contribution < 1.29 is 22.5 Å². The van der Waals surface area contributed by atoms with Gasteiger partial charge in [-0.05, 0) is 38.1 Å². The van der Waals surface area contributed by atoms with E-state index in [-0.39, 0.29) is 28.4 Å². The van der Waals surface area contributed by atoms with Crippen molar-refractivity contribution in [3.8, 4) is 0 Å². The lowest BCUT2D eigenvalue weighted by atomic mass is 10.2. The monoisotopic (exact) mass is 453 g/mol. The van der Waals surface area contributed by atoms with Crippen molar-refractivity contribution in [3.63, 3.8) is 0 Å². The zero-order valence-electron chi connectivity index (χ0n) is 17.2. The molecule has 0 saturated heterocycles. The van der Waals surface area contributed by atoms with Crippen molar-refractivity contribution in [1.82, 2.24) is 9.56 Å². The van der Waals surface area contributed by atoms with Gasteiger partial charge in [0, 0.05) is 12.1 Å². The summed E-state index contributed by atoms with van der Waals surface area (Å²) in [7, 11) is -3.91. The van der Waals surface area contributed by atoms with Crippen LogP contribution in [0.5, 0.6) is 0 Å². The zero-order chi connectivity index (χ0) is 22.9. The summed E-state index contributed by atoms with van der Waals surface area (Å²) in [6, 6.07) is 15.2. The van der Waals surface area contributed by atoms with Crippen molar-refractivity contribution in [3.05, 3.63) is 93.6 Å². The van der Waals surface area contributed by atoms with Gasteiger partial charge in [0.1, 0.15) is 12.4 Å². The molecular weight excluding hydrogens is 434 g/mol. The number of aryl methyl sites for hydroxylation is 2. The average Bonchev–Trinajstić information content (AvgIpc) is 3.13. The van der Waals surface area contributed by atoms with Crippen LogP contribution < -0.4 is 10.3 Å². The first-order chi connectivity index (χ1) is 15.2. The number of aromatic nitrogens is 2. The maximum atomic E-state index is 12.7. The number of anilines is 1. The van der Waals surface area contributed by atoms with Crippen molar-refractivity contribution in [2.45, 2.75) is 25.3 Å². The van der Waals surface area contributed by atoms with Crippen LogP contribution in [0.4, 0.5) is 5.69 Å². The molecule has 2 heterocycles. The molecule has 0 amide bonds. The lowest BCUT2D eigenvalue weighted by Crippen LogP contribution is -2.17. The first kappa shape index (κ1) is 21.3. The van der Waals surface area contributed by atoms with Crippen LogP contribution in [0.1, 0.15) is 27.4 Å². The van der Waals surface area contributed by atoms with Gasteiger partial charge in [-0.3, -0.25) is 9.52 Å². The molecule has 0 aliphatic carbocycles. The summed E-state index contributed by atoms with van der Waals surface area (Å²) in [5.74, 6) is -0.254. The lowest BCUT2D eigenvalue weighted by Gasteiger charge is -2.12. The molecule has 2 aromatic heterocycles. The van der Waals surface area contributed by atoms with Gasteiger partial charge >= 0.3 is 5.97 Å². The summed E-state index contributed by atoms with van der Waals surface area (Å²) in [4.78, 5) is 29.1. The van der Waals surface area contributed by atoms with Gasteiger partial charge in [-0.15, -0.1) is 4.57 Å². The van der Waals surface area contributed by atoms with Gasteiger partial charge < -0.3 is 9.26 Å². The van der Waals surface area contributed by atoms with E-state index in [1.165, 1.54) is 30.3 Å². The zero-order valence-corrected chi connectivity index (χ0v) is 18.0. The number of hydrogen-bond acceptors (Lipinski definition) is 7. The number of benzene rings is 2. The Balaban J connectivity index is 1.54. The molecule has 4 rings (SSSR count). The number of nitrogens with one attached hydrogen (secondary N) is 1. The number of esters is 1. The van der Waals surface area contributed by atoms with E-state index in [9.17, 15) is 18.0 Å². The number of nitrogens with zero attached hydrogens (tertiary/aromatic N) is 2. The van der Waals surface area contributed by atoms with E-state index in [0.717, 1.165) is 10.1 Å². The quantitative estimate of drug-likeness (QED) is 0.446. The van der Waals surface area contributed by atoms with E-state index < -0.39 is 21.6 Å². The molecule has 0 spiro atoms. The molecule has 0 radical (unpaired) electrons. The van der Waals surface area contributed by atoms with Gasteiger partial charge in [-0.25, -0.2) is 18.2 Å². The summed E-state index contributed by atoms with van der Waals surface area (Å²) >= 11 is 0. The van der Waals surface area contributed by atoms with Gasteiger partial charge in [-0.2, -0.15) is 0 Å². The Morgan fingerprint density at radius 3 is 2.56 bits per heavy atom. The molecule has 0 saturated carbocycles.